The van der Waals surface area contributed by atoms with Gasteiger partial charge in [-0.1, -0.05) is 29.3 Å². The maximum Gasteiger partial charge on any atom is 0.276 e. The van der Waals surface area contributed by atoms with E-state index in [0.717, 1.165) is 11.1 Å². The number of rotatable bonds is 4. The molecule has 2 rings (SSSR count). The van der Waals surface area contributed by atoms with Crippen molar-refractivity contribution in [1.29, 1.82) is 0 Å². The zero-order valence-electron chi connectivity index (χ0n) is 14.3. The van der Waals surface area contributed by atoms with Crippen LogP contribution >= 0.6 is 23.8 Å². The number of thiocarbonyl (C=S) groups is 1. The second-order valence-corrected chi connectivity index (χ2v) is 6.37. The Morgan fingerprint density at radius 1 is 1.08 bits per heavy atom. The van der Waals surface area contributed by atoms with Gasteiger partial charge in [0.1, 0.15) is 5.75 Å². The summed E-state index contributed by atoms with van der Waals surface area (Å²) in [5.41, 5.74) is 7.25. The molecule has 26 heavy (non-hydrogen) atoms. The summed E-state index contributed by atoms with van der Waals surface area (Å²) in [6, 6.07) is 12.0. The van der Waals surface area contributed by atoms with Crippen molar-refractivity contribution < 1.29 is 14.3 Å². The van der Waals surface area contributed by atoms with Crippen LogP contribution < -0.4 is 20.9 Å². The molecule has 0 aliphatic heterocycles. The molecule has 2 aromatic rings. The highest BCUT2D eigenvalue weighted by Crippen LogP contribution is 2.18. The molecule has 0 saturated heterocycles. The third-order valence-electron chi connectivity index (χ3n) is 3.34. The summed E-state index contributed by atoms with van der Waals surface area (Å²) < 4.78 is 5.45. The van der Waals surface area contributed by atoms with Gasteiger partial charge in [0.2, 0.25) is 0 Å². The van der Waals surface area contributed by atoms with Gasteiger partial charge in [0.05, 0.1) is 0 Å². The van der Waals surface area contributed by atoms with Gasteiger partial charge >= 0.3 is 0 Å². The average Bonchev–Trinajstić information content (AvgIpc) is 2.59. The summed E-state index contributed by atoms with van der Waals surface area (Å²) >= 11 is 10.7. The highest BCUT2D eigenvalue weighted by molar-refractivity contribution is 7.80. The molecule has 8 heteroatoms. The minimum Gasteiger partial charge on any atom is -0.483 e. The number of ether oxygens (including phenoxy) is 1. The van der Waals surface area contributed by atoms with Crippen LogP contribution in [0, 0.1) is 13.8 Å². The molecule has 0 radical (unpaired) electrons. The second kappa shape index (κ2) is 9.17. The SMILES string of the molecule is Cc1ccc(OCC(=O)NNC(=S)NC(=O)c2ccc(Cl)cc2)c(C)c1. The van der Waals surface area contributed by atoms with Gasteiger partial charge in [0.25, 0.3) is 11.8 Å². The number of nitrogens with one attached hydrogen (secondary N) is 3. The van der Waals surface area contributed by atoms with E-state index in [0.29, 0.717) is 16.3 Å². The van der Waals surface area contributed by atoms with Crippen LogP contribution in [0.3, 0.4) is 0 Å². The fraction of sp³-hybridized carbons (Fsp3) is 0.167. The Morgan fingerprint density at radius 2 is 1.77 bits per heavy atom. The standard InChI is InChI=1S/C18H18ClN3O3S/c1-11-3-8-15(12(2)9-11)25-10-16(23)21-22-18(26)20-17(24)13-4-6-14(19)7-5-13/h3-9H,10H2,1-2H3,(H,21,23)(H2,20,22,24,26). The van der Waals surface area contributed by atoms with Gasteiger partial charge in [0, 0.05) is 10.6 Å². The van der Waals surface area contributed by atoms with Crippen molar-refractivity contribution in [2.75, 3.05) is 6.61 Å². The summed E-state index contributed by atoms with van der Waals surface area (Å²) in [5.74, 6) is -0.225. The summed E-state index contributed by atoms with van der Waals surface area (Å²) in [4.78, 5) is 23.8. The van der Waals surface area contributed by atoms with Crippen LogP contribution in [0.4, 0.5) is 0 Å². The lowest BCUT2D eigenvalue weighted by molar-refractivity contribution is -0.123. The first-order valence-corrected chi connectivity index (χ1v) is 8.49. The van der Waals surface area contributed by atoms with Crippen LogP contribution in [-0.4, -0.2) is 23.5 Å². The van der Waals surface area contributed by atoms with E-state index in [-0.39, 0.29) is 11.7 Å². The van der Waals surface area contributed by atoms with Crippen molar-refractivity contribution >= 4 is 40.7 Å². The highest BCUT2D eigenvalue weighted by atomic mass is 35.5. The lowest BCUT2D eigenvalue weighted by Gasteiger charge is -2.12. The predicted molar refractivity (Wildman–Crippen MR) is 104 cm³/mol. The molecule has 0 saturated carbocycles. The molecule has 0 spiro atoms. The number of halogens is 1. The number of hydrazine groups is 1. The van der Waals surface area contributed by atoms with Crippen LogP contribution in [0.15, 0.2) is 42.5 Å². The molecule has 0 aliphatic carbocycles. The Morgan fingerprint density at radius 3 is 2.42 bits per heavy atom. The molecule has 2 amide bonds. The maximum atomic E-state index is 12.0. The Labute approximate surface area is 161 Å². The zero-order valence-corrected chi connectivity index (χ0v) is 15.8. The summed E-state index contributed by atoms with van der Waals surface area (Å²) in [5, 5.41) is 2.93. The van der Waals surface area contributed by atoms with Crippen molar-refractivity contribution in [3.8, 4) is 5.75 Å². The van der Waals surface area contributed by atoms with E-state index in [1.54, 1.807) is 24.3 Å². The number of carbonyl (C=O) groups is 2. The lowest BCUT2D eigenvalue weighted by atomic mass is 10.1. The number of amides is 2. The molecule has 0 heterocycles. The highest BCUT2D eigenvalue weighted by Gasteiger charge is 2.09. The van der Waals surface area contributed by atoms with Gasteiger partial charge in [-0.15, -0.1) is 0 Å². The quantitative estimate of drug-likeness (QED) is 0.551. The van der Waals surface area contributed by atoms with Crippen molar-refractivity contribution in [2.24, 2.45) is 0 Å². The first kappa shape index (κ1) is 19.7. The molecule has 0 unspecified atom stereocenters. The smallest absolute Gasteiger partial charge is 0.276 e. The zero-order chi connectivity index (χ0) is 19.1. The van der Waals surface area contributed by atoms with Crippen LogP contribution in [0.2, 0.25) is 5.02 Å². The fourth-order valence-electron chi connectivity index (χ4n) is 2.07. The molecule has 0 fully saturated rings. The Bertz CT molecular complexity index is 825. The molecule has 6 nitrogen and oxygen atoms in total. The Hall–Kier alpha value is -2.64. The average molecular weight is 392 g/mol. The molecule has 0 atom stereocenters. The minimum absolute atomic E-state index is 0.0372. The third-order valence-corrected chi connectivity index (χ3v) is 3.79. The number of aryl methyl sites for hydroxylation is 2. The van der Waals surface area contributed by atoms with Gasteiger partial charge in [-0.2, -0.15) is 0 Å². The number of hydrogen-bond acceptors (Lipinski definition) is 4. The number of hydrogen-bond donors (Lipinski definition) is 3. The van der Waals surface area contributed by atoms with E-state index >= 15 is 0 Å². The van der Waals surface area contributed by atoms with Crippen LogP contribution in [0.1, 0.15) is 21.5 Å². The summed E-state index contributed by atoms with van der Waals surface area (Å²) in [6.07, 6.45) is 0. The molecule has 0 aromatic heterocycles. The lowest BCUT2D eigenvalue weighted by Crippen LogP contribution is -2.49. The maximum absolute atomic E-state index is 12.0. The first-order chi connectivity index (χ1) is 12.3. The van der Waals surface area contributed by atoms with E-state index < -0.39 is 11.8 Å². The topological polar surface area (TPSA) is 79.5 Å². The Balaban J connectivity index is 1.75. The van der Waals surface area contributed by atoms with E-state index in [9.17, 15) is 9.59 Å². The van der Waals surface area contributed by atoms with Gasteiger partial charge < -0.3 is 4.74 Å². The molecule has 2 aromatic carbocycles. The normalized spacial score (nSPS) is 9.96. The van der Waals surface area contributed by atoms with Crippen molar-refractivity contribution in [3.63, 3.8) is 0 Å². The van der Waals surface area contributed by atoms with E-state index in [2.05, 4.69) is 16.2 Å². The summed E-state index contributed by atoms with van der Waals surface area (Å²) in [7, 11) is 0. The Kier molecular flexibility index (Phi) is 6.94. The molecule has 0 aliphatic rings. The third kappa shape index (κ3) is 6.02. The second-order valence-electron chi connectivity index (χ2n) is 5.52. The van der Waals surface area contributed by atoms with Gasteiger partial charge in [-0.05, 0) is 62.0 Å². The van der Waals surface area contributed by atoms with Crippen molar-refractivity contribution in [2.45, 2.75) is 13.8 Å². The van der Waals surface area contributed by atoms with E-state index in [1.165, 1.54) is 0 Å². The number of benzene rings is 2. The van der Waals surface area contributed by atoms with Crippen LogP contribution in [0.25, 0.3) is 0 Å². The molecular formula is C18H18ClN3O3S. The van der Waals surface area contributed by atoms with Crippen molar-refractivity contribution in [3.05, 3.63) is 64.2 Å². The summed E-state index contributed by atoms with van der Waals surface area (Å²) in [6.45, 7) is 3.69. The van der Waals surface area contributed by atoms with E-state index in [1.807, 2.05) is 32.0 Å². The fourth-order valence-corrected chi connectivity index (χ4v) is 2.34. The predicted octanol–water partition coefficient (Wildman–Crippen LogP) is 2.67. The van der Waals surface area contributed by atoms with Gasteiger partial charge in [-0.3, -0.25) is 25.8 Å². The van der Waals surface area contributed by atoms with E-state index in [4.69, 9.17) is 28.6 Å². The monoisotopic (exact) mass is 391 g/mol. The first-order valence-electron chi connectivity index (χ1n) is 7.71. The van der Waals surface area contributed by atoms with Gasteiger partial charge in [0.15, 0.2) is 11.7 Å². The van der Waals surface area contributed by atoms with Crippen LogP contribution in [0.5, 0.6) is 5.75 Å². The van der Waals surface area contributed by atoms with Crippen LogP contribution in [-0.2, 0) is 4.79 Å². The van der Waals surface area contributed by atoms with Crippen molar-refractivity contribution in [1.82, 2.24) is 16.2 Å². The molecule has 0 bridgehead atoms. The molecule has 136 valence electrons. The number of carbonyl (C=O) groups excluding carboxylic acids is 2. The minimum atomic E-state index is -0.437. The molecular weight excluding hydrogens is 374 g/mol. The largest absolute Gasteiger partial charge is 0.483 e. The van der Waals surface area contributed by atoms with Gasteiger partial charge in [-0.25, -0.2) is 0 Å². The molecule has 3 N–H and O–H groups in total.